The van der Waals surface area contributed by atoms with Gasteiger partial charge in [-0.1, -0.05) is 30.0 Å². The zero-order chi connectivity index (χ0) is 25.6. The molecule has 8 nitrogen and oxygen atoms in total. The van der Waals surface area contributed by atoms with Gasteiger partial charge >= 0.3 is 6.09 Å². The number of hydrogen-bond acceptors (Lipinski definition) is 7. The normalized spacial score (nSPS) is 12.1. The Kier molecular flexibility index (Phi) is 8.45. The monoisotopic (exact) mass is 498 g/mol. The number of para-hydroxylation sites is 1. The fraction of sp³-hybridized carbons (Fsp3) is 0.346. The van der Waals surface area contributed by atoms with Crippen LogP contribution in [0.1, 0.15) is 36.7 Å². The largest absolute Gasteiger partial charge is 0.497 e. The number of thioether (sulfide) groups is 1. The number of aromatic amines is 1. The molecule has 9 heteroatoms. The molecule has 0 fully saturated rings. The number of nitrogens with one attached hydrogen (secondary N) is 2. The Morgan fingerprint density at radius 1 is 1.06 bits per heavy atom. The molecule has 2 aromatic carbocycles. The highest BCUT2D eigenvalue weighted by Crippen LogP contribution is 2.27. The van der Waals surface area contributed by atoms with Crippen LogP contribution in [-0.2, 0) is 16.0 Å². The zero-order valence-corrected chi connectivity index (χ0v) is 21.3. The number of Topliss-reactive ketones (excluding diaryl/α,β-unsaturated/α-hetero) is 1. The molecule has 3 aromatic rings. The maximum Gasteiger partial charge on any atom is 0.408 e. The van der Waals surface area contributed by atoms with Crippen molar-refractivity contribution in [2.75, 3.05) is 20.0 Å². The number of H-pyrrole nitrogens is 1. The lowest BCUT2D eigenvalue weighted by molar-refractivity contribution is -0.112. The van der Waals surface area contributed by atoms with Crippen molar-refractivity contribution < 1.29 is 28.6 Å². The lowest BCUT2D eigenvalue weighted by Crippen LogP contribution is -2.44. The van der Waals surface area contributed by atoms with Gasteiger partial charge in [0.2, 0.25) is 5.12 Å². The van der Waals surface area contributed by atoms with Gasteiger partial charge in [-0.3, -0.25) is 9.59 Å². The summed E-state index contributed by atoms with van der Waals surface area (Å²) in [6, 6.07) is 11.7. The Hall–Kier alpha value is -3.46. The summed E-state index contributed by atoms with van der Waals surface area (Å²) in [5, 5.41) is 3.29. The van der Waals surface area contributed by atoms with Crippen molar-refractivity contribution in [3.8, 4) is 11.5 Å². The second kappa shape index (κ2) is 11.3. The minimum atomic E-state index is -0.889. The maximum absolute atomic E-state index is 13.2. The van der Waals surface area contributed by atoms with Crippen LogP contribution in [0.3, 0.4) is 0 Å². The fourth-order valence-electron chi connectivity index (χ4n) is 3.51. The summed E-state index contributed by atoms with van der Waals surface area (Å²) >= 11 is 0.848. The van der Waals surface area contributed by atoms with Gasteiger partial charge in [0.05, 0.1) is 25.5 Å². The topological polar surface area (TPSA) is 107 Å². The van der Waals surface area contributed by atoms with Gasteiger partial charge in [-0.05, 0) is 44.5 Å². The van der Waals surface area contributed by atoms with E-state index in [0.29, 0.717) is 17.1 Å². The Bertz CT molecular complexity index is 1210. The van der Waals surface area contributed by atoms with E-state index in [-0.39, 0.29) is 23.1 Å². The molecule has 0 bridgehead atoms. The van der Waals surface area contributed by atoms with Gasteiger partial charge in [0, 0.05) is 29.6 Å². The number of benzene rings is 2. The average molecular weight is 499 g/mol. The van der Waals surface area contributed by atoms with Crippen molar-refractivity contribution in [1.29, 1.82) is 0 Å². The number of carbonyl (C=O) groups excluding carboxylic acids is 3. The van der Waals surface area contributed by atoms with Crippen LogP contribution in [0.25, 0.3) is 10.9 Å². The van der Waals surface area contributed by atoms with Crippen molar-refractivity contribution in [2.45, 2.75) is 38.8 Å². The van der Waals surface area contributed by atoms with Crippen LogP contribution < -0.4 is 14.8 Å². The van der Waals surface area contributed by atoms with Crippen LogP contribution in [0.5, 0.6) is 11.5 Å². The van der Waals surface area contributed by atoms with Crippen molar-refractivity contribution in [2.24, 2.45) is 0 Å². The summed E-state index contributed by atoms with van der Waals surface area (Å²) in [5.74, 6) is 0.542. The van der Waals surface area contributed by atoms with E-state index in [9.17, 15) is 14.4 Å². The second-order valence-corrected chi connectivity index (χ2v) is 9.84. The number of hydrogen-bond donors (Lipinski definition) is 2. The van der Waals surface area contributed by atoms with E-state index in [1.54, 1.807) is 39.0 Å². The highest BCUT2D eigenvalue weighted by atomic mass is 32.2. The average Bonchev–Trinajstić information content (AvgIpc) is 3.23. The second-order valence-electron chi connectivity index (χ2n) is 8.86. The third kappa shape index (κ3) is 7.02. The fourth-order valence-corrected chi connectivity index (χ4v) is 4.28. The van der Waals surface area contributed by atoms with Crippen LogP contribution in [0, 0.1) is 0 Å². The maximum atomic E-state index is 13.2. The summed E-state index contributed by atoms with van der Waals surface area (Å²) in [7, 11) is 2.99. The van der Waals surface area contributed by atoms with Gasteiger partial charge < -0.3 is 24.5 Å². The van der Waals surface area contributed by atoms with Crippen LogP contribution >= 0.6 is 11.8 Å². The standard InChI is InChI=1S/C26H30N2O6S/c1-26(2,3)34-25(31)28-21(12-16-14-27-20-9-7-6-8-18(16)20)24(30)35-15-22(29)19-11-10-17(32-4)13-23(19)33-5/h6-11,13-14,21,27H,12,15H2,1-5H3,(H,28,31)/t21-/m0/s1. The molecule has 1 aromatic heterocycles. The number of rotatable bonds is 9. The minimum Gasteiger partial charge on any atom is -0.497 e. The van der Waals surface area contributed by atoms with Gasteiger partial charge in [-0.2, -0.15) is 0 Å². The Balaban J connectivity index is 1.75. The number of carbonyl (C=O) groups is 3. The van der Waals surface area contributed by atoms with Crippen LogP contribution in [0.2, 0.25) is 0 Å². The van der Waals surface area contributed by atoms with E-state index >= 15 is 0 Å². The van der Waals surface area contributed by atoms with Gasteiger partial charge in [-0.25, -0.2) is 4.79 Å². The highest BCUT2D eigenvalue weighted by Gasteiger charge is 2.27. The van der Waals surface area contributed by atoms with E-state index < -0.39 is 17.7 Å². The molecule has 0 aliphatic heterocycles. The molecule has 0 saturated heterocycles. The molecule has 0 radical (unpaired) electrons. The first kappa shape index (κ1) is 26.2. The Morgan fingerprint density at radius 2 is 1.80 bits per heavy atom. The number of amides is 1. The molecule has 1 amide bonds. The van der Waals surface area contributed by atoms with Crippen LogP contribution in [0.15, 0.2) is 48.7 Å². The third-order valence-corrected chi connectivity index (χ3v) is 6.10. The molecule has 0 aliphatic carbocycles. The van der Waals surface area contributed by atoms with E-state index in [4.69, 9.17) is 14.2 Å². The molecular formula is C26H30N2O6S. The Morgan fingerprint density at radius 3 is 2.49 bits per heavy atom. The summed E-state index contributed by atoms with van der Waals surface area (Å²) in [4.78, 5) is 41.7. The Labute approximate surface area is 208 Å². The summed E-state index contributed by atoms with van der Waals surface area (Å²) in [5.41, 5.74) is 1.44. The quantitative estimate of drug-likeness (QED) is 0.410. The smallest absolute Gasteiger partial charge is 0.408 e. The molecule has 0 unspecified atom stereocenters. The minimum absolute atomic E-state index is 0.109. The molecule has 0 spiro atoms. The van der Waals surface area contributed by atoms with Crippen molar-refractivity contribution in [1.82, 2.24) is 10.3 Å². The van der Waals surface area contributed by atoms with Gasteiger partial charge in [0.1, 0.15) is 23.1 Å². The van der Waals surface area contributed by atoms with Crippen molar-refractivity contribution in [3.05, 3.63) is 59.8 Å². The molecule has 1 heterocycles. The molecular weight excluding hydrogens is 468 g/mol. The van der Waals surface area contributed by atoms with Crippen LogP contribution in [-0.4, -0.2) is 53.6 Å². The number of alkyl carbamates (subject to hydrolysis) is 1. The van der Waals surface area contributed by atoms with Gasteiger partial charge in [-0.15, -0.1) is 0 Å². The lowest BCUT2D eigenvalue weighted by Gasteiger charge is -2.23. The highest BCUT2D eigenvalue weighted by molar-refractivity contribution is 8.14. The summed E-state index contributed by atoms with van der Waals surface area (Å²) in [6.45, 7) is 5.25. The van der Waals surface area contributed by atoms with Crippen molar-refractivity contribution in [3.63, 3.8) is 0 Å². The summed E-state index contributed by atoms with van der Waals surface area (Å²) < 4.78 is 15.8. The first-order valence-electron chi connectivity index (χ1n) is 11.1. The predicted octanol–water partition coefficient (Wildman–Crippen LogP) is 4.76. The van der Waals surface area contributed by atoms with E-state index in [1.165, 1.54) is 14.2 Å². The molecule has 35 heavy (non-hydrogen) atoms. The molecule has 186 valence electrons. The number of methoxy groups -OCH3 is 2. The predicted molar refractivity (Wildman–Crippen MR) is 137 cm³/mol. The first-order valence-corrected chi connectivity index (χ1v) is 12.1. The van der Waals surface area contributed by atoms with Gasteiger partial charge in [0.15, 0.2) is 5.78 Å². The summed E-state index contributed by atoms with van der Waals surface area (Å²) in [6.07, 6.45) is 1.37. The van der Waals surface area contributed by atoms with E-state index in [2.05, 4.69) is 10.3 Å². The van der Waals surface area contributed by atoms with E-state index in [1.807, 2.05) is 30.5 Å². The number of fused-ring (bicyclic) bond motifs is 1. The van der Waals surface area contributed by atoms with E-state index in [0.717, 1.165) is 28.2 Å². The molecule has 1 atom stereocenters. The molecule has 2 N–H and O–H groups in total. The van der Waals surface area contributed by atoms with Gasteiger partial charge in [0.25, 0.3) is 0 Å². The molecule has 0 aliphatic rings. The third-order valence-electron chi connectivity index (χ3n) is 5.13. The molecule has 3 rings (SSSR count). The zero-order valence-electron chi connectivity index (χ0n) is 20.5. The first-order chi connectivity index (χ1) is 16.6. The van der Waals surface area contributed by atoms with Crippen molar-refractivity contribution >= 4 is 39.7 Å². The number of ether oxygens (including phenoxy) is 3. The molecule has 0 saturated carbocycles. The number of aromatic nitrogens is 1. The number of ketones is 1. The van der Waals surface area contributed by atoms with Crippen LogP contribution in [0.4, 0.5) is 4.79 Å². The lowest BCUT2D eigenvalue weighted by atomic mass is 10.1. The SMILES string of the molecule is COc1ccc(C(=O)CSC(=O)[C@H](Cc2c[nH]c3ccccc23)NC(=O)OC(C)(C)C)c(OC)c1.